The zero-order chi connectivity index (χ0) is 25.4. The molecule has 6 rings (SSSR count). The molecule has 2 aromatic carbocycles. The number of benzene rings is 1. The molecule has 0 bridgehead atoms. The quantitative estimate of drug-likeness (QED) is 0.392. The Morgan fingerprint density at radius 2 is 1.55 bits per heavy atom. The molecule has 0 spiro atoms. The first-order valence-electron chi connectivity index (χ1n) is 13.6. The Bertz CT molecular complexity index is 1240. The zero-order valence-corrected chi connectivity index (χ0v) is 28.7. The largest absolute Gasteiger partial charge is 4.00 e. The molecule has 2 unspecified atom stereocenters. The van der Waals surface area contributed by atoms with Crippen molar-refractivity contribution >= 4 is 5.57 Å². The molecule has 0 nitrogen and oxygen atoms in total. The molecule has 38 heavy (non-hydrogen) atoms. The predicted octanol–water partition coefficient (Wildman–Crippen LogP) is 3.69. The molecule has 1 saturated carbocycles. The van der Waals surface area contributed by atoms with Gasteiger partial charge < -0.3 is 24.8 Å². The number of hydrogen-bond acceptors (Lipinski definition) is 0. The molecule has 3 heteroatoms. The number of halogens is 2. The Morgan fingerprint density at radius 3 is 2.13 bits per heavy atom. The van der Waals surface area contributed by atoms with Gasteiger partial charge in [-0.3, -0.25) is 0 Å². The fourth-order valence-corrected chi connectivity index (χ4v) is 8.04. The summed E-state index contributed by atoms with van der Waals surface area (Å²) < 4.78 is 0. The molecule has 2 aromatic rings. The van der Waals surface area contributed by atoms with Crippen LogP contribution in [-0.4, -0.2) is 0 Å². The van der Waals surface area contributed by atoms with Crippen molar-refractivity contribution in [2.24, 2.45) is 27.6 Å². The van der Waals surface area contributed by atoms with Gasteiger partial charge in [-0.05, 0) is 40.6 Å². The van der Waals surface area contributed by atoms with Gasteiger partial charge in [0.15, 0.2) is 0 Å². The van der Waals surface area contributed by atoms with Gasteiger partial charge in [-0.15, -0.1) is 6.92 Å². The third-order valence-corrected chi connectivity index (χ3v) is 11.6. The van der Waals surface area contributed by atoms with Crippen LogP contribution in [0.25, 0.3) is 5.57 Å². The summed E-state index contributed by atoms with van der Waals surface area (Å²) in [5, 5.41) is 0. The van der Waals surface area contributed by atoms with Gasteiger partial charge >= 0.3 is 26.2 Å². The number of allylic oxidation sites excluding steroid dienone is 6. The van der Waals surface area contributed by atoms with Crippen LogP contribution in [0.2, 0.25) is 0 Å². The van der Waals surface area contributed by atoms with Crippen molar-refractivity contribution in [2.75, 3.05) is 0 Å². The normalized spacial score (nSPS) is 26.8. The number of aryl methyl sites for hydroxylation is 1. The minimum absolute atomic E-state index is 0. The monoisotopic (exact) mass is 624 g/mol. The van der Waals surface area contributed by atoms with E-state index in [9.17, 15) is 0 Å². The maximum atomic E-state index is 2.62. The van der Waals surface area contributed by atoms with Crippen LogP contribution in [0.3, 0.4) is 0 Å². The van der Waals surface area contributed by atoms with Gasteiger partial charge in [-0.2, -0.15) is 28.8 Å². The van der Waals surface area contributed by atoms with E-state index in [-0.39, 0.29) is 72.7 Å². The van der Waals surface area contributed by atoms with Gasteiger partial charge in [0.1, 0.15) is 0 Å². The van der Waals surface area contributed by atoms with E-state index in [1.807, 2.05) is 12.1 Å². The Labute approximate surface area is 264 Å². The zero-order valence-electron chi connectivity index (χ0n) is 24.7. The second-order valence-electron chi connectivity index (χ2n) is 13.2. The molecular formula is C35H44Cl2Zr. The first kappa shape index (κ1) is 33.3. The van der Waals surface area contributed by atoms with E-state index in [1.54, 1.807) is 28.2 Å². The van der Waals surface area contributed by atoms with Crippen LogP contribution in [0.4, 0.5) is 0 Å². The smallest absolute Gasteiger partial charge is 1.00 e. The molecular weight excluding hydrogens is 583 g/mol. The Hall–Kier alpha value is -0.877. The maximum Gasteiger partial charge on any atom is 4.00 e. The summed E-state index contributed by atoms with van der Waals surface area (Å²) in [4.78, 5) is 0. The van der Waals surface area contributed by atoms with Crippen LogP contribution >= 0.6 is 0 Å². The van der Waals surface area contributed by atoms with Gasteiger partial charge in [-0.1, -0.05) is 120 Å². The fraction of sp³-hybridized carbons (Fsp3) is 0.486. The van der Waals surface area contributed by atoms with Crippen molar-refractivity contribution in [3.63, 3.8) is 0 Å². The van der Waals surface area contributed by atoms with Gasteiger partial charge in [0, 0.05) is 0 Å². The molecule has 0 saturated heterocycles. The van der Waals surface area contributed by atoms with Crippen LogP contribution in [0, 0.1) is 40.4 Å². The van der Waals surface area contributed by atoms with Gasteiger partial charge in [0.25, 0.3) is 0 Å². The molecule has 0 N–H and O–H groups in total. The van der Waals surface area contributed by atoms with Crippen molar-refractivity contribution in [3.05, 3.63) is 100 Å². The molecule has 0 amide bonds. The van der Waals surface area contributed by atoms with Crippen molar-refractivity contribution < 1.29 is 51.0 Å². The Balaban J connectivity index is 0.000000501. The molecule has 0 aliphatic heterocycles. The first-order valence-corrected chi connectivity index (χ1v) is 13.6. The molecule has 0 radical (unpaired) electrons. The first-order chi connectivity index (χ1) is 16.4. The average molecular weight is 627 g/mol. The summed E-state index contributed by atoms with van der Waals surface area (Å²) in [5.74, 6) is 2.24. The van der Waals surface area contributed by atoms with Crippen LogP contribution in [0.15, 0.2) is 77.4 Å². The predicted molar refractivity (Wildman–Crippen MR) is 151 cm³/mol. The third kappa shape index (κ3) is 4.34. The summed E-state index contributed by atoms with van der Waals surface area (Å²) in [7, 11) is 0. The summed E-state index contributed by atoms with van der Waals surface area (Å²) in [6.07, 6.45) is 8.50. The minimum atomic E-state index is 0. The van der Waals surface area contributed by atoms with Crippen molar-refractivity contribution in [2.45, 2.75) is 81.6 Å². The van der Waals surface area contributed by atoms with Crippen LogP contribution < -0.4 is 24.8 Å². The van der Waals surface area contributed by atoms with E-state index in [4.69, 9.17) is 0 Å². The topological polar surface area (TPSA) is 0 Å². The van der Waals surface area contributed by atoms with Crippen LogP contribution in [0.1, 0.15) is 84.9 Å². The fourth-order valence-electron chi connectivity index (χ4n) is 8.04. The summed E-state index contributed by atoms with van der Waals surface area (Å²) >= 11 is 0. The second kappa shape index (κ2) is 11.2. The molecule has 202 valence electrons. The minimum Gasteiger partial charge on any atom is -1.00 e. The van der Waals surface area contributed by atoms with E-state index >= 15 is 0 Å². The Kier molecular flexibility index (Phi) is 9.81. The summed E-state index contributed by atoms with van der Waals surface area (Å²) in [6.45, 7) is 22.4. The number of fused-ring (bicyclic) bond motifs is 6. The van der Waals surface area contributed by atoms with Gasteiger partial charge in [0.2, 0.25) is 0 Å². The molecule has 1 fully saturated rings. The maximum absolute atomic E-state index is 2.62. The second-order valence-corrected chi connectivity index (χ2v) is 13.2. The molecule has 0 heterocycles. The number of hydrogen-bond donors (Lipinski definition) is 0. The van der Waals surface area contributed by atoms with Gasteiger partial charge in [0.05, 0.1) is 0 Å². The standard InChI is InChI=1S/C29H37.C6H7.2ClH.Zr/c1-18-25-22-17-19-13-9-10-14-20(19)24(22)21-15-11-12-16-23(21)29(25,8)28(6,7)27(4,5)26(18,2)3;1-6-4-2-3-5-6;;;/h9-11,13-15,23H,12,16-17H2,1-8H3;2-5H,1H3;2*1H;/q2*-1;;;+4/p-2. The van der Waals surface area contributed by atoms with E-state index in [2.05, 4.69) is 111 Å². The molecule has 0 aromatic heterocycles. The SMILES string of the molecule is C[C-]1C2=C3Cc4ccccc4C3=C3C=CCCC3C2(C)C(C)(C)C(C)(C)C1(C)C.Cc1ccc[cH-]1.[Cl-].[Cl-].[Zr+4]. The van der Waals surface area contributed by atoms with E-state index in [0.29, 0.717) is 5.92 Å². The van der Waals surface area contributed by atoms with Gasteiger partial charge in [-0.25, -0.2) is 18.1 Å². The number of rotatable bonds is 0. The van der Waals surface area contributed by atoms with Crippen LogP contribution in [0.5, 0.6) is 0 Å². The van der Waals surface area contributed by atoms with E-state index in [0.717, 1.165) is 6.42 Å². The van der Waals surface area contributed by atoms with E-state index in [1.165, 1.54) is 29.5 Å². The van der Waals surface area contributed by atoms with Crippen LogP contribution in [-0.2, 0) is 32.6 Å². The summed E-state index contributed by atoms with van der Waals surface area (Å²) in [5.41, 5.74) is 11.6. The van der Waals surface area contributed by atoms with Crippen molar-refractivity contribution in [3.8, 4) is 0 Å². The summed E-state index contributed by atoms with van der Waals surface area (Å²) in [6, 6.07) is 17.4. The molecule has 4 aliphatic carbocycles. The Morgan fingerprint density at radius 1 is 0.895 bits per heavy atom. The van der Waals surface area contributed by atoms with Crippen molar-refractivity contribution in [1.29, 1.82) is 0 Å². The van der Waals surface area contributed by atoms with Crippen molar-refractivity contribution in [1.82, 2.24) is 0 Å². The average Bonchev–Trinajstić information content (AvgIpc) is 3.45. The molecule has 2 atom stereocenters. The third-order valence-electron chi connectivity index (χ3n) is 11.6. The van der Waals surface area contributed by atoms with E-state index < -0.39 is 0 Å². The molecule has 4 aliphatic rings.